The zero-order valence-corrected chi connectivity index (χ0v) is 9.60. The molecule has 0 bridgehead atoms. The van der Waals surface area contributed by atoms with Gasteiger partial charge in [-0.15, -0.1) is 6.58 Å². The highest BCUT2D eigenvalue weighted by Crippen LogP contribution is 2.25. The lowest BCUT2D eigenvalue weighted by atomic mass is 10.2. The summed E-state index contributed by atoms with van der Waals surface area (Å²) in [5, 5.41) is 2.79. The molecule has 0 spiro atoms. The van der Waals surface area contributed by atoms with Gasteiger partial charge < -0.3 is 5.32 Å². The SMILES string of the molecule is C=CCC(=O)Nc1cccc(C)c1Br. The monoisotopic (exact) mass is 253 g/mol. The summed E-state index contributed by atoms with van der Waals surface area (Å²) in [5.41, 5.74) is 1.90. The maximum atomic E-state index is 11.3. The van der Waals surface area contributed by atoms with Crippen molar-refractivity contribution in [3.8, 4) is 0 Å². The van der Waals surface area contributed by atoms with E-state index in [0.29, 0.717) is 6.42 Å². The molecule has 0 aliphatic heterocycles. The van der Waals surface area contributed by atoms with Crippen molar-refractivity contribution in [3.63, 3.8) is 0 Å². The Kier molecular flexibility index (Phi) is 3.89. The lowest BCUT2D eigenvalue weighted by Gasteiger charge is -2.07. The minimum Gasteiger partial charge on any atom is -0.325 e. The number of halogens is 1. The fourth-order valence-corrected chi connectivity index (χ4v) is 1.44. The average Bonchev–Trinajstić information content (AvgIpc) is 2.13. The van der Waals surface area contributed by atoms with E-state index in [1.807, 2.05) is 25.1 Å². The Hall–Kier alpha value is -1.09. The molecule has 74 valence electrons. The molecule has 0 aliphatic carbocycles. The van der Waals surface area contributed by atoms with E-state index in [0.717, 1.165) is 15.7 Å². The van der Waals surface area contributed by atoms with Gasteiger partial charge in [-0.05, 0) is 34.5 Å². The van der Waals surface area contributed by atoms with Crippen molar-refractivity contribution in [3.05, 3.63) is 40.9 Å². The molecule has 1 N–H and O–H groups in total. The molecule has 0 unspecified atom stereocenters. The first-order valence-corrected chi connectivity index (χ1v) is 5.10. The van der Waals surface area contributed by atoms with Crippen molar-refractivity contribution >= 4 is 27.5 Å². The molecule has 3 heteroatoms. The van der Waals surface area contributed by atoms with Crippen LogP contribution in [0.4, 0.5) is 5.69 Å². The number of carbonyl (C=O) groups excluding carboxylic acids is 1. The van der Waals surface area contributed by atoms with E-state index < -0.39 is 0 Å². The summed E-state index contributed by atoms with van der Waals surface area (Å²) in [6.07, 6.45) is 1.92. The molecule has 1 rings (SSSR count). The Labute approximate surface area is 92.1 Å². The number of hydrogen-bond donors (Lipinski definition) is 1. The summed E-state index contributed by atoms with van der Waals surface area (Å²) < 4.78 is 0.928. The van der Waals surface area contributed by atoms with Crippen LogP contribution < -0.4 is 5.32 Å². The van der Waals surface area contributed by atoms with Crippen molar-refractivity contribution in [1.82, 2.24) is 0 Å². The van der Waals surface area contributed by atoms with Gasteiger partial charge in [0.1, 0.15) is 0 Å². The topological polar surface area (TPSA) is 29.1 Å². The Morgan fingerprint density at radius 2 is 2.36 bits per heavy atom. The van der Waals surface area contributed by atoms with Crippen LogP contribution in [0.1, 0.15) is 12.0 Å². The van der Waals surface area contributed by atoms with E-state index in [9.17, 15) is 4.79 Å². The van der Waals surface area contributed by atoms with E-state index in [1.54, 1.807) is 6.08 Å². The Morgan fingerprint density at radius 1 is 1.64 bits per heavy atom. The van der Waals surface area contributed by atoms with Gasteiger partial charge in [0, 0.05) is 10.9 Å². The van der Waals surface area contributed by atoms with Gasteiger partial charge in [0.15, 0.2) is 0 Å². The second kappa shape index (κ2) is 4.96. The molecule has 2 nitrogen and oxygen atoms in total. The number of amides is 1. The molecular formula is C11H12BrNO. The third kappa shape index (κ3) is 2.70. The molecule has 0 saturated heterocycles. The summed E-state index contributed by atoms with van der Waals surface area (Å²) in [7, 11) is 0. The van der Waals surface area contributed by atoms with Crippen LogP contribution in [0.15, 0.2) is 35.3 Å². The predicted molar refractivity (Wildman–Crippen MR) is 62.3 cm³/mol. The minimum absolute atomic E-state index is 0.0497. The number of anilines is 1. The van der Waals surface area contributed by atoms with Gasteiger partial charge in [-0.3, -0.25) is 4.79 Å². The molecule has 0 aliphatic rings. The quantitative estimate of drug-likeness (QED) is 0.824. The molecule has 0 atom stereocenters. The summed E-state index contributed by atoms with van der Waals surface area (Å²) in [6, 6.07) is 5.74. The second-order valence-electron chi connectivity index (χ2n) is 2.98. The van der Waals surface area contributed by atoms with Crippen LogP contribution >= 0.6 is 15.9 Å². The molecule has 1 aromatic rings. The van der Waals surface area contributed by atoms with Gasteiger partial charge in [-0.2, -0.15) is 0 Å². The average molecular weight is 254 g/mol. The number of hydrogen-bond acceptors (Lipinski definition) is 1. The highest BCUT2D eigenvalue weighted by atomic mass is 79.9. The third-order valence-electron chi connectivity index (χ3n) is 1.80. The molecule has 0 radical (unpaired) electrons. The van der Waals surface area contributed by atoms with Gasteiger partial charge in [-0.25, -0.2) is 0 Å². The summed E-state index contributed by atoms with van der Waals surface area (Å²) >= 11 is 3.42. The molecular weight excluding hydrogens is 242 g/mol. The van der Waals surface area contributed by atoms with E-state index in [1.165, 1.54) is 0 Å². The number of rotatable bonds is 3. The largest absolute Gasteiger partial charge is 0.325 e. The Morgan fingerprint density at radius 3 is 3.00 bits per heavy atom. The fraction of sp³-hybridized carbons (Fsp3) is 0.182. The van der Waals surface area contributed by atoms with Gasteiger partial charge in [0.05, 0.1) is 5.69 Å². The second-order valence-corrected chi connectivity index (χ2v) is 3.77. The zero-order chi connectivity index (χ0) is 10.6. The normalized spacial score (nSPS) is 9.57. The number of benzene rings is 1. The van der Waals surface area contributed by atoms with Crippen LogP contribution in [0, 0.1) is 6.92 Å². The van der Waals surface area contributed by atoms with Crippen molar-refractivity contribution < 1.29 is 4.79 Å². The lowest BCUT2D eigenvalue weighted by molar-refractivity contribution is -0.115. The summed E-state index contributed by atoms with van der Waals surface area (Å²) in [5.74, 6) is -0.0497. The number of aryl methyl sites for hydroxylation is 1. The van der Waals surface area contributed by atoms with Crippen LogP contribution in [-0.2, 0) is 4.79 Å². The van der Waals surface area contributed by atoms with Crippen LogP contribution in [0.2, 0.25) is 0 Å². The highest BCUT2D eigenvalue weighted by Gasteiger charge is 2.04. The number of nitrogens with one attached hydrogen (secondary N) is 1. The molecule has 0 fully saturated rings. The van der Waals surface area contributed by atoms with Gasteiger partial charge >= 0.3 is 0 Å². The first-order chi connectivity index (χ1) is 6.65. The van der Waals surface area contributed by atoms with E-state index in [2.05, 4.69) is 27.8 Å². The maximum absolute atomic E-state index is 11.3. The van der Waals surface area contributed by atoms with Crippen LogP contribution in [0.5, 0.6) is 0 Å². The van der Waals surface area contributed by atoms with Crippen molar-refractivity contribution in [2.24, 2.45) is 0 Å². The molecule has 0 heterocycles. The Bertz CT molecular complexity index is 360. The summed E-state index contributed by atoms with van der Waals surface area (Å²) in [4.78, 5) is 11.3. The first-order valence-electron chi connectivity index (χ1n) is 4.31. The van der Waals surface area contributed by atoms with E-state index >= 15 is 0 Å². The van der Waals surface area contributed by atoms with Crippen molar-refractivity contribution in [2.75, 3.05) is 5.32 Å². The maximum Gasteiger partial charge on any atom is 0.228 e. The minimum atomic E-state index is -0.0497. The van der Waals surface area contributed by atoms with Crippen LogP contribution in [-0.4, -0.2) is 5.91 Å². The van der Waals surface area contributed by atoms with Crippen molar-refractivity contribution in [2.45, 2.75) is 13.3 Å². The molecule has 14 heavy (non-hydrogen) atoms. The molecule has 0 saturated carbocycles. The molecule has 1 amide bonds. The van der Waals surface area contributed by atoms with Crippen molar-refractivity contribution in [1.29, 1.82) is 0 Å². The van der Waals surface area contributed by atoms with Gasteiger partial charge in [0.25, 0.3) is 0 Å². The Balaban J connectivity index is 2.81. The molecule has 1 aromatic carbocycles. The highest BCUT2D eigenvalue weighted by molar-refractivity contribution is 9.10. The zero-order valence-electron chi connectivity index (χ0n) is 8.01. The number of carbonyl (C=O) groups is 1. The predicted octanol–water partition coefficient (Wildman–Crippen LogP) is 3.27. The van der Waals surface area contributed by atoms with Crippen LogP contribution in [0.25, 0.3) is 0 Å². The smallest absolute Gasteiger partial charge is 0.228 e. The first kappa shape index (κ1) is 11.0. The van der Waals surface area contributed by atoms with E-state index in [-0.39, 0.29) is 5.91 Å². The standard InChI is InChI=1S/C11H12BrNO/c1-3-5-10(14)13-9-7-4-6-8(2)11(9)12/h3-4,6-7H,1,5H2,2H3,(H,13,14). The van der Waals surface area contributed by atoms with E-state index in [4.69, 9.17) is 0 Å². The summed E-state index contributed by atoms with van der Waals surface area (Å²) in [6.45, 7) is 5.49. The fourth-order valence-electron chi connectivity index (χ4n) is 1.08. The van der Waals surface area contributed by atoms with Gasteiger partial charge in [0.2, 0.25) is 5.91 Å². The third-order valence-corrected chi connectivity index (χ3v) is 2.85. The lowest BCUT2D eigenvalue weighted by Crippen LogP contribution is -2.10. The molecule has 0 aromatic heterocycles. The van der Waals surface area contributed by atoms with Gasteiger partial charge in [-0.1, -0.05) is 18.2 Å². The van der Waals surface area contributed by atoms with Crippen LogP contribution in [0.3, 0.4) is 0 Å².